The van der Waals surface area contributed by atoms with Crippen LogP contribution in [0.4, 0.5) is 5.69 Å². The fourth-order valence-corrected chi connectivity index (χ4v) is 1.74. The molecule has 6 heteroatoms. The molecule has 0 bridgehead atoms. The van der Waals surface area contributed by atoms with Crippen LogP contribution in [0.15, 0.2) is 18.2 Å². The van der Waals surface area contributed by atoms with Gasteiger partial charge in [0.2, 0.25) is 5.91 Å². The normalized spacial score (nSPS) is 10.4. The van der Waals surface area contributed by atoms with E-state index in [2.05, 4.69) is 10.1 Å². The Labute approximate surface area is 118 Å². The molecule has 1 rings (SSSR count). The lowest BCUT2D eigenvalue weighted by Gasteiger charge is -2.17. The summed E-state index contributed by atoms with van der Waals surface area (Å²) >= 11 is 0. The summed E-state index contributed by atoms with van der Waals surface area (Å²) in [5.74, 6) is -1.01. The molecular formula is C14H20N2O4. The quantitative estimate of drug-likeness (QED) is 0.771. The summed E-state index contributed by atoms with van der Waals surface area (Å²) in [6, 6.07) is 4.28. The first-order valence-electron chi connectivity index (χ1n) is 6.45. The monoisotopic (exact) mass is 280 g/mol. The molecule has 0 fully saturated rings. The van der Waals surface area contributed by atoms with Crippen LogP contribution in [0.2, 0.25) is 0 Å². The SMILES string of the molecule is CCN(CC)CC(=O)Nc1ccc(C(=O)OC)c(O)c1. The second-order valence-electron chi connectivity index (χ2n) is 4.23. The number of aromatic hydroxyl groups is 1. The molecule has 0 unspecified atom stereocenters. The van der Waals surface area contributed by atoms with Gasteiger partial charge in [-0.1, -0.05) is 13.8 Å². The maximum absolute atomic E-state index is 11.8. The van der Waals surface area contributed by atoms with Crippen LogP contribution < -0.4 is 5.32 Å². The molecule has 20 heavy (non-hydrogen) atoms. The molecule has 110 valence electrons. The van der Waals surface area contributed by atoms with E-state index in [4.69, 9.17) is 0 Å². The molecule has 6 nitrogen and oxygen atoms in total. The predicted molar refractivity (Wildman–Crippen MR) is 75.9 cm³/mol. The number of rotatable bonds is 6. The molecule has 1 aromatic rings. The number of carbonyl (C=O) groups excluding carboxylic acids is 2. The Morgan fingerprint density at radius 3 is 2.45 bits per heavy atom. The first-order chi connectivity index (χ1) is 9.51. The first-order valence-corrected chi connectivity index (χ1v) is 6.45. The van der Waals surface area contributed by atoms with E-state index in [1.165, 1.54) is 19.2 Å². The Bertz CT molecular complexity index is 484. The second-order valence-corrected chi connectivity index (χ2v) is 4.23. The summed E-state index contributed by atoms with van der Waals surface area (Å²) in [5, 5.41) is 12.4. The third-order valence-electron chi connectivity index (χ3n) is 2.95. The van der Waals surface area contributed by atoms with Gasteiger partial charge in [0.25, 0.3) is 0 Å². The van der Waals surface area contributed by atoms with Crippen molar-refractivity contribution in [2.75, 3.05) is 32.1 Å². The number of nitrogens with zero attached hydrogens (tertiary/aromatic N) is 1. The summed E-state index contributed by atoms with van der Waals surface area (Å²) in [7, 11) is 1.24. The smallest absolute Gasteiger partial charge is 0.341 e. The molecule has 0 aromatic heterocycles. The van der Waals surface area contributed by atoms with Gasteiger partial charge in [0.05, 0.1) is 13.7 Å². The van der Waals surface area contributed by atoms with Crippen molar-refractivity contribution in [3.8, 4) is 5.75 Å². The van der Waals surface area contributed by atoms with Crippen LogP contribution >= 0.6 is 0 Å². The van der Waals surface area contributed by atoms with E-state index in [0.29, 0.717) is 5.69 Å². The molecule has 0 aliphatic carbocycles. The number of esters is 1. The van der Waals surface area contributed by atoms with Crippen LogP contribution in [0.25, 0.3) is 0 Å². The van der Waals surface area contributed by atoms with E-state index in [1.54, 1.807) is 6.07 Å². The molecule has 0 aliphatic heterocycles. The molecule has 0 saturated heterocycles. The van der Waals surface area contributed by atoms with Gasteiger partial charge in [-0.2, -0.15) is 0 Å². The van der Waals surface area contributed by atoms with Crippen LogP contribution in [0.1, 0.15) is 24.2 Å². The average Bonchev–Trinajstić information content (AvgIpc) is 2.44. The van der Waals surface area contributed by atoms with Crippen LogP contribution in [0, 0.1) is 0 Å². The highest BCUT2D eigenvalue weighted by Gasteiger charge is 2.13. The lowest BCUT2D eigenvalue weighted by atomic mass is 10.2. The van der Waals surface area contributed by atoms with Gasteiger partial charge in [0.15, 0.2) is 0 Å². The summed E-state index contributed by atoms with van der Waals surface area (Å²) in [6.07, 6.45) is 0. The molecule has 0 radical (unpaired) electrons. The largest absolute Gasteiger partial charge is 0.507 e. The number of hydrogen-bond donors (Lipinski definition) is 2. The molecule has 0 atom stereocenters. The lowest BCUT2D eigenvalue weighted by molar-refractivity contribution is -0.117. The van der Waals surface area contributed by atoms with Crippen molar-refractivity contribution in [3.63, 3.8) is 0 Å². The van der Waals surface area contributed by atoms with Crippen LogP contribution in [-0.4, -0.2) is 48.6 Å². The minimum Gasteiger partial charge on any atom is -0.507 e. The van der Waals surface area contributed by atoms with Crippen molar-refractivity contribution in [1.29, 1.82) is 0 Å². The zero-order valence-corrected chi connectivity index (χ0v) is 12.0. The number of nitrogens with one attached hydrogen (secondary N) is 1. The van der Waals surface area contributed by atoms with Gasteiger partial charge in [0.1, 0.15) is 11.3 Å². The Morgan fingerprint density at radius 2 is 1.95 bits per heavy atom. The highest BCUT2D eigenvalue weighted by molar-refractivity contribution is 5.95. The summed E-state index contributed by atoms with van der Waals surface area (Å²) in [4.78, 5) is 25.1. The van der Waals surface area contributed by atoms with Gasteiger partial charge in [-0.05, 0) is 25.2 Å². The molecule has 1 aromatic carbocycles. The lowest BCUT2D eigenvalue weighted by Crippen LogP contribution is -2.32. The van der Waals surface area contributed by atoms with Crippen LogP contribution in [0.5, 0.6) is 5.75 Å². The Hall–Kier alpha value is -2.08. The number of phenols is 1. The number of ether oxygens (including phenoxy) is 1. The fourth-order valence-electron chi connectivity index (χ4n) is 1.74. The van der Waals surface area contributed by atoms with Gasteiger partial charge in [-0.3, -0.25) is 9.69 Å². The highest BCUT2D eigenvalue weighted by Crippen LogP contribution is 2.22. The average molecular weight is 280 g/mol. The Kier molecular flexibility index (Phi) is 5.99. The topological polar surface area (TPSA) is 78.9 Å². The molecule has 1 amide bonds. The van der Waals surface area contributed by atoms with Crippen molar-refractivity contribution in [2.45, 2.75) is 13.8 Å². The fraction of sp³-hybridized carbons (Fsp3) is 0.429. The highest BCUT2D eigenvalue weighted by atomic mass is 16.5. The molecule has 0 aliphatic rings. The van der Waals surface area contributed by atoms with E-state index in [0.717, 1.165) is 13.1 Å². The standard InChI is InChI=1S/C14H20N2O4/c1-4-16(5-2)9-13(18)15-10-6-7-11(12(17)8-10)14(19)20-3/h6-8,17H,4-5,9H2,1-3H3,(H,15,18). The molecule has 0 spiro atoms. The minimum absolute atomic E-state index is 0.0641. The molecular weight excluding hydrogens is 260 g/mol. The van der Waals surface area contributed by atoms with Gasteiger partial charge in [-0.25, -0.2) is 4.79 Å². The number of methoxy groups -OCH3 is 1. The van der Waals surface area contributed by atoms with E-state index >= 15 is 0 Å². The van der Waals surface area contributed by atoms with Crippen molar-refractivity contribution in [1.82, 2.24) is 4.90 Å². The van der Waals surface area contributed by atoms with Crippen molar-refractivity contribution in [2.24, 2.45) is 0 Å². The Balaban J connectivity index is 2.72. The Morgan fingerprint density at radius 1 is 1.30 bits per heavy atom. The third-order valence-corrected chi connectivity index (χ3v) is 2.95. The summed E-state index contributed by atoms with van der Waals surface area (Å²) in [5.41, 5.74) is 0.501. The van der Waals surface area contributed by atoms with Gasteiger partial charge in [0, 0.05) is 11.8 Å². The van der Waals surface area contributed by atoms with Crippen LogP contribution in [-0.2, 0) is 9.53 Å². The zero-order chi connectivity index (χ0) is 15.1. The number of amides is 1. The number of anilines is 1. The number of hydrogen-bond acceptors (Lipinski definition) is 5. The molecule has 2 N–H and O–H groups in total. The number of carbonyl (C=O) groups is 2. The maximum atomic E-state index is 11.8. The number of benzene rings is 1. The van der Waals surface area contributed by atoms with E-state index in [9.17, 15) is 14.7 Å². The third kappa shape index (κ3) is 4.24. The second kappa shape index (κ2) is 7.49. The van der Waals surface area contributed by atoms with Crippen molar-refractivity contribution in [3.05, 3.63) is 23.8 Å². The van der Waals surface area contributed by atoms with Crippen molar-refractivity contribution >= 4 is 17.6 Å². The van der Waals surface area contributed by atoms with E-state index < -0.39 is 5.97 Å². The summed E-state index contributed by atoms with van der Waals surface area (Å²) < 4.78 is 4.53. The van der Waals surface area contributed by atoms with Gasteiger partial charge < -0.3 is 15.2 Å². The zero-order valence-electron chi connectivity index (χ0n) is 12.0. The molecule has 0 saturated carbocycles. The van der Waals surface area contributed by atoms with Crippen LogP contribution in [0.3, 0.4) is 0 Å². The van der Waals surface area contributed by atoms with Gasteiger partial charge in [-0.15, -0.1) is 0 Å². The molecule has 0 heterocycles. The number of phenolic OH excluding ortho intramolecular Hbond substituents is 1. The van der Waals surface area contributed by atoms with Crippen molar-refractivity contribution < 1.29 is 19.4 Å². The van der Waals surface area contributed by atoms with Gasteiger partial charge >= 0.3 is 5.97 Å². The predicted octanol–water partition coefficient (Wildman–Crippen LogP) is 1.46. The van der Waals surface area contributed by atoms with E-state index in [1.807, 2.05) is 18.7 Å². The first kappa shape index (κ1) is 16.0. The van der Waals surface area contributed by atoms with E-state index in [-0.39, 0.29) is 23.8 Å². The minimum atomic E-state index is -0.622. The summed E-state index contributed by atoms with van der Waals surface area (Å²) in [6.45, 7) is 5.82. The maximum Gasteiger partial charge on any atom is 0.341 e. The number of likely N-dealkylation sites (N-methyl/N-ethyl adjacent to an activating group) is 1.